The highest BCUT2D eigenvalue weighted by Crippen LogP contribution is 2.46. The van der Waals surface area contributed by atoms with Crippen molar-refractivity contribution in [2.24, 2.45) is 11.8 Å². The molecule has 6 nitrogen and oxygen atoms in total. The number of aromatic nitrogens is 4. The second-order valence-electron chi connectivity index (χ2n) is 8.60. The minimum Gasteiger partial charge on any atom is -0.354 e. The van der Waals surface area contributed by atoms with Crippen molar-refractivity contribution in [2.75, 3.05) is 31.1 Å². The van der Waals surface area contributed by atoms with Crippen LogP contribution in [0.1, 0.15) is 25.7 Å². The topological polar surface area (TPSA) is 49.6 Å². The minimum atomic E-state index is 0.673. The number of benzene rings is 1. The van der Waals surface area contributed by atoms with Gasteiger partial charge in [0, 0.05) is 43.9 Å². The monoisotopic (exact) mass is 374 g/mol. The lowest BCUT2D eigenvalue weighted by Crippen LogP contribution is -2.52. The fraction of sp³-hybridized carbons (Fsp3) is 0.500. The summed E-state index contributed by atoms with van der Waals surface area (Å²) < 4.78 is 1.89. The minimum absolute atomic E-state index is 0.673. The van der Waals surface area contributed by atoms with Crippen molar-refractivity contribution in [3.05, 3.63) is 42.7 Å². The fourth-order valence-corrected chi connectivity index (χ4v) is 5.72. The fourth-order valence-electron chi connectivity index (χ4n) is 5.72. The summed E-state index contributed by atoms with van der Waals surface area (Å²) in [6.07, 6.45) is 7.46. The lowest BCUT2D eigenvalue weighted by Gasteiger charge is -2.41. The maximum Gasteiger partial charge on any atom is 0.254 e. The zero-order valence-corrected chi connectivity index (χ0v) is 16.1. The molecule has 3 heterocycles. The number of rotatable bonds is 3. The molecule has 2 aliphatic carbocycles. The van der Waals surface area contributed by atoms with Gasteiger partial charge in [0.05, 0.1) is 5.69 Å². The Morgan fingerprint density at radius 3 is 2.54 bits per heavy atom. The van der Waals surface area contributed by atoms with E-state index in [0.29, 0.717) is 5.78 Å². The first kappa shape index (κ1) is 16.5. The Morgan fingerprint density at radius 1 is 0.929 bits per heavy atom. The molecule has 6 rings (SSSR count). The molecule has 1 aromatic carbocycles. The van der Waals surface area contributed by atoms with E-state index in [9.17, 15) is 0 Å². The van der Waals surface area contributed by atoms with Gasteiger partial charge in [-0.15, -0.1) is 0 Å². The van der Waals surface area contributed by atoms with Crippen LogP contribution in [0.2, 0.25) is 0 Å². The highest BCUT2D eigenvalue weighted by molar-refractivity contribution is 5.65. The number of anilines is 1. The first-order chi connectivity index (χ1) is 13.8. The molecule has 0 amide bonds. The quantitative estimate of drug-likeness (QED) is 0.705. The van der Waals surface area contributed by atoms with Crippen LogP contribution >= 0.6 is 0 Å². The first-order valence-corrected chi connectivity index (χ1v) is 10.6. The van der Waals surface area contributed by atoms with Gasteiger partial charge in [-0.2, -0.15) is 14.6 Å². The summed E-state index contributed by atoms with van der Waals surface area (Å²) in [4.78, 5) is 14.3. The zero-order chi connectivity index (χ0) is 18.5. The third-order valence-electron chi connectivity index (χ3n) is 7.11. The Labute approximate surface area is 165 Å². The van der Waals surface area contributed by atoms with Crippen LogP contribution in [0.3, 0.4) is 0 Å². The van der Waals surface area contributed by atoms with Crippen molar-refractivity contribution in [3.8, 4) is 11.3 Å². The lowest BCUT2D eigenvalue weighted by molar-refractivity contribution is 0.134. The molecule has 2 saturated carbocycles. The lowest BCUT2D eigenvalue weighted by atomic mass is 9.93. The SMILES string of the molecule is c1ccc(-c2cc(N3CCN(C4CC5CCC4C5)CC3)n3ncnc3n2)cc1. The Balaban J connectivity index is 1.27. The van der Waals surface area contributed by atoms with E-state index in [1.165, 1.54) is 25.7 Å². The van der Waals surface area contributed by atoms with E-state index >= 15 is 0 Å². The summed E-state index contributed by atoms with van der Waals surface area (Å²) in [5.41, 5.74) is 2.08. The van der Waals surface area contributed by atoms with Crippen LogP contribution in [-0.4, -0.2) is 56.7 Å². The van der Waals surface area contributed by atoms with Crippen molar-refractivity contribution in [3.63, 3.8) is 0 Å². The number of fused-ring (bicyclic) bond motifs is 3. The van der Waals surface area contributed by atoms with Gasteiger partial charge in [-0.05, 0) is 31.1 Å². The molecule has 1 aliphatic heterocycles. The summed E-state index contributed by atoms with van der Waals surface area (Å²) in [5.74, 6) is 3.75. The molecular formula is C22H26N6. The van der Waals surface area contributed by atoms with Crippen LogP contribution in [0.15, 0.2) is 42.7 Å². The van der Waals surface area contributed by atoms with E-state index in [-0.39, 0.29) is 0 Å². The predicted molar refractivity (Wildman–Crippen MR) is 109 cm³/mol. The molecule has 3 aliphatic rings. The van der Waals surface area contributed by atoms with Crippen LogP contribution < -0.4 is 4.90 Å². The molecule has 1 saturated heterocycles. The molecule has 2 aromatic heterocycles. The maximum atomic E-state index is 4.72. The van der Waals surface area contributed by atoms with Gasteiger partial charge in [0.2, 0.25) is 0 Å². The summed E-state index contributed by atoms with van der Waals surface area (Å²) in [7, 11) is 0. The molecular weight excluding hydrogens is 348 g/mol. The zero-order valence-electron chi connectivity index (χ0n) is 16.1. The van der Waals surface area contributed by atoms with Gasteiger partial charge in [-0.1, -0.05) is 36.8 Å². The summed E-state index contributed by atoms with van der Waals surface area (Å²) in [5, 5.41) is 4.44. The van der Waals surface area contributed by atoms with E-state index in [2.05, 4.69) is 50.2 Å². The summed E-state index contributed by atoms with van der Waals surface area (Å²) in [6.45, 7) is 4.38. The predicted octanol–water partition coefficient (Wildman–Crippen LogP) is 3.10. The number of hydrogen-bond acceptors (Lipinski definition) is 5. The molecule has 2 bridgehead atoms. The molecule has 3 fully saturated rings. The van der Waals surface area contributed by atoms with Crippen molar-refractivity contribution in [2.45, 2.75) is 31.7 Å². The van der Waals surface area contributed by atoms with Gasteiger partial charge in [0.25, 0.3) is 5.78 Å². The van der Waals surface area contributed by atoms with Crippen molar-refractivity contribution in [1.29, 1.82) is 0 Å². The van der Waals surface area contributed by atoms with Crippen LogP contribution in [0.25, 0.3) is 17.0 Å². The van der Waals surface area contributed by atoms with Crippen LogP contribution in [0.4, 0.5) is 5.82 Å². The molecule has 3 unspecified atom stereocenters. The van der Waals surface area contributed by atoms with Crippen molar-refractivity contribution in [1.82, 2.24) is 24.5 Å². The summed E-state index contributed by atoms with van der Waals surface area (Å²) >= 11 is 0. The molecule has 0 radical (unpaired) electrons. The molecule has 144 valence electrons. The van der Waals surface area contributed by atoms with Gasteiger partial charge >= 0.3 is 0 Å². The number of piperazine rings is 1. The number of hydrogen-bond donors (Lipinski definition) is 0. The van der Waals surface area contributed by atoms with Gasteiger partial charge in [-0.3, -0.25) is 4.90 Å². The van der Waals surface area contributed by atoms with E-state index < -0.39 is 0 Å². The molecule has 0 spiro atoms. The molecule has 0 N–H and O–H groups in total. The standard InChI is InChI=1S/C22H26N6/c1-2-4-17(5-3-1)19-14-21(28-22(25-19)23-15-24-28)27-10-8-26(9-11-27)20-13-16-6-7-18(20)12-16/h1-5,14-16,18,20H,6-13H2. The average Bonchev–Trinajstić information content (AvgIpc) is 3.50. The third-order valence-corrected chi connectivity index (χ3v) is 7.11. The normalized spacial score (nSPS) is 27.7. The molecule has 6 heteroatoms. The highest BCUT2D eigenvalue weighted by atomic mass is 15.4. The van der Waals surface area contributed by atoms with E-state index in [4.69, 9.17) is 4.98 Å². The van der Waals surface area contributed by atoms with Gasteiger partial charge in [-0.25, -0.2) is 4.98 Å². The smallest absolute Gasteiger partial charge is 0.254 e. The molecule has 28 heavy (non-hydrogen) atoms. The van der Waals surface area contributed by atoms with Gasteiger partial charge in [0.15, 0.2) is 0 Å². The number of nitrogens with zero attached hydrogens (tertiary/aromatic N) is 6. The maximum absolute atomic E-state index is 4.72. The second-order valence-corrected chi connectivity index (χ2v) is 8.60. The second kappa shape index (κ2) is 6.55. The Morgan fingerprint density at radius 2 is 1.79 bits per heavy atom. The summed E-state index contributed by atoms with van der Waals surface area (Å²) in [6, 6.07) is 13.4. The Bertz CT molecular complexity index is 975. The van der Waals surface area contributed by atoms with Gasteiger partial charge < -0.3 is 4.90 Å². The Kier molecular flexibility index (Phi) is 3.86. The van der Waals surface area contributed by atoms with Gasteiger partial charge in [0.1, 0.15) is 12.1 Å². The Hall–Kier alpha value is -2.47. The van der Waals surface area contributed by atoms with Crippen molar-refractivity contribution < 1.29 is 0 Å². The van der Waals surface area contributed by atoms with E-state index in [0.717, 1.165) is 61.1 Å². The highest BCUT2D eigenvalue weighted by Gasteiger charge is 2.42. The average molecular weight is 374 g/mol. The van der Waals surface area contributed by atoms with E-state index in [1.54, 1.807) is 6.33 Å². The largest absolute Gasteiger partial charge is 0.354 e. The van der Waals surface area contributed by atoms with Crippen LogP contribution in [0, 0.1) is 11.8 Å². The molecule has 3 atom stereocenters. The first-order valence-electron chi connectivity index (χ1n) is 10.6. The molecule has 3 aromatic rings. The third kappa shape index (κ3) is 2.70. The van der Waals surface area contributed by atoms with Crippen LogP contribution in [-0.2, 0) is 0 Å². The van der Waals surface area contributed by atoms with E-state index in [1.807, 2.05) is 10.6 Å². The van der Waals surface area contributed by atoms with Crippen LogP contribution in [0.5, 0.6) is 0 Å². The van der Waals surface area contributed by atoms with Crippen molar-refractivity contribution >= 4 is 11.6 Å².